The summed E-state index contributed by atoms with van der Waals surface area (Å²) >= 11 is 0. The van der Waals surface area contributed by atoms with Crippen LogP contribution in [0.4, 0.5) is 0 Å². The third-order valence-corrected chi connectivity index (χ3v) is 11.8. The molecule has 1 aromatic rings. The molecule has 0 atom stereocenters. The fourth-order valence-electron chi connectivity index (χ4n) is 5.74. The zero-order chi connectivity index (χ0) is 24.4. The molecule has 1 saturated heterocycles. The number of unbranched alkanes of at least 4 members (excludes halogenated alkanes) is 2. The van der Waals surface area contributed by atoms with Gasteiger partial charge in [0.05, 0.1) is 21.3 Å². The van der Waals surface area contributed by atoms with Crippen LogP contribution in [-0.4, -0.2) is 40.3 Å². The summed E-state index contributed by atoms with van der Waals surface area (Å²) in [7, 11) is -1.35. The third-order valence-electron chi connectivity index (χ3n) is 8.30. The number of rotatable bonds is 13. The fourth-order valence-corrected chi connectivity index (χ4v) is 8.23. The van der Waals surface area contributed by atoms with Crippen LogP contribution in [0, 0.1) is 11.8 Å². The van der Waals surface area contributed by atoms with Crippen LogP contribution in [0.1, 0.15) is 96.5 Å². The molecule has 1 heterocycles. The van der Waals surface area contributed by atoms with Crippen LogP contribution >= 0.6 is 0 Å². The monoisotopic (exact) mass is 488 g/mol. The Labute approximate surface area is 211 Å². The Morgan fingerprint density at radius 1 is 0.853 bits per heavy atom. The lowest BCUT2D eigenvalue weighted by molar-refractivity contribution is -0.263. The van der Waals surface area contributed by atoms with Crippen LogP contribution in [0.2, 0.25) is 19.1 Å². The summed E-state index contributed by atoms with van der Waals surface area (Å²) in [5.41, 5.74) is 1.59. The van der Waals surface area contributed by atoms with E-state index in [-0.39, 0.29) is 0 Å². The van der Waals surface area contributed by atoms with Crippen LogP contribution in [-0.2, 0) is 14.2 Å². The summed E-state index contributed by atoms with van der Waals surface area (Å²) in [4.78, 5) is 0. The Kier molecular flexibility index (Phi) is 11.1. The van der Waals surface area contributed by atoms with E-state index in [0.29, 0.717) is 5.92 Å². The molecule has 0 aromatic heterocycles. The molecule has 2 aliphatic rings. The minimum atomic E-state index is -1.35. The van der Waals surface area contributed by atoms with Crippen LogP contribution in [0.25, 0.3) is 0 Å². The van der Waals surface area contributed by atoms with Gasteiger partial charge in [-0.15, -0.1) is 0 Å². The van der Waals surface area contributed by atoms with Gasteiger partial charge < -0.3 is 14.2 Å². The van der Waals surface area contributed by atoms with Crippen molar-refractivity contribution in [2.75, 3.05) is 26.4 Å². The molecule has 1 aliphatic heterocycles. The number of ether oxygens (including phenoxy) is 3. The predicted octanol–water partition coefficient (Wildman–Crippen LogP) is 7.65. The van der Waals surface area contributed by atoms with E-state index in [1.54, 1.807) is 10.8 Å². The lowest BCUT2D eigenvalue weighted by atomic mass is 9.77. The van der Waals surface area contributed by atoms with Crippen LogP contribution in [0.5, 0.6) is 0 Å². The molecule has 2 fully saturated rings. The lowest BCUT2D eigenvalue weighted by Gasteiger charge is -2.34. The van der Waals surface area contributed by atoms with Gasteiger partial charge in [0.1, 0.15) is 0 Å². The van der Waals surface area contributed by atoms with Crippen molar-refractivity contribution in [3.63, 3.8) is 0 Å². The molecule has 1 saturated carbocycles. The molecular weight excluding hydrogens is 436 g/mol. The van der Waals surface area contributed by atoms with Crippen molar-refractivity contribution in [2.45, 2.75) is 116 Å². The van der Waals surface area contributed by atoms with Gasteiger partial charge in [-0.3, -0.25) is 0 Å². The highest BCUT2D eigenvalue weighted by Crippen LogP contribution is 2.37. The van der Waals surface area contributed by atoms with E-state index in [9.17, 15) is 0 Å². The minimum absolute atomic E-state index is 0.413. The van der Waals surface area contributed by atoms with Gasteiger partial charge in [-0.25, -0.2) is 0 Å². The Bertz CT molecular complexity index is 682. The molecule has 1 aromatic carbocycles. The van der Waals surface area contributed by atoms with Gasteiger partial charge in [0, 0.05) is 19.1 Å². The molecule has 0 radical (unpaired) electrons. The molecule has 0 unspecified atom stereocenters. The Morgan fingerprint density at radius 3 is 2.18 bits per heavy atom. The van der Waals surface area contributed by atoms with Gasteiger partial charge in [0.25, 0.3) is 0 Å². The number of benzene rings is 1. The van der Waals surface area contributed by atoms with E-state index < -0.39 is 13.9 Å². The predicted molar refractivity (Wildman–Crippen MR) is 147 cm³/mol. The van der Waals surface area contributed by atoms with Gasteiger partial charge >= 0.3 is 0 Å². The lowest BCUT2D eigenvalue weighted by Crippen LogP contribution is -2.41. The van der Waals surface area contributed by atoms with E-state index >= 15 is 0 Å². The van der Waals surface area contributed by atoms with Crippen molar-refractivity contribution < 1.29 is 14.2 Å². The van der Waals surface area contributed by atoms with Crippen molar-refractivity contribution in [2.24, 2.45) is 11.8 Å². The number of hydrogen-bond donors (Lipinski definition) is 0. The Morgan fingerprint density at radius 2 is 1.53 bits per heavy atom. The SMILES string of the molecule is CCCC1CCC(c2ccc([Si](C)(C)CCCCCOCCC3COC(C)(C)OC3)cc2)CC1. The summed E-state index contributed by atoms with van der Waals surface area (Å²) in [5, 5.41) is 1.63. The van der Waals surface area contributed by atoms with Crippen LogP contribution in [0.3, 0.4) is 0 Å². The van der Waals surface area contributed by atoms with Gasteiger partial charge in [0.2, 0.25) is 0 Å². The first-order valence-corrected chi connectivity index (χ1v) is 17.5. The second-order valence-corrected chi connectivity index (χ2v) is 17.0. The molecule has 0 spiro atoms. The quantitative estimate of drug-likeness (QED) is 0.211. The average molecular weight is 489 g/mol. The second-order valence-electron chi connectivity index (χ2n) is 12.1. The summed E-state index contributed by atoms with van der Waals surface area (Å²) in [6.45, 7) is 14.7. The van der Waals surface area contributed by atoms with E-state index in [4.69, 9.17) is 14.2 Å². The van der Waals surface area contributed by atoms with E-state index in [1.807, 2.05) is 13.8 Å². The zero-order valence-electron chi connectivity index (χ0n) is 22.9. The Balaban J connectivity index is 1.27. The molecule has 194 valence electrons. The highest BCUT2D eigenvalue weighted by Gasteiger charge is 2.28. The molecule has 34 heavy (non-hydrogen) atoms. The molecule has 1 aliphatic carbocycles. The highest BCUT2D eigenvalue weighted by molar-refractivity contribution is 6.89. The largest absolute Gasteiger partial charge is 0.381 e. The van der Waals surface area contributed by atoms with Crippen molar-refractivity contribution in [3.8, 4) is 0 Å². The molecule has 3 rings (SSSR count). The average Bonchev–Trinajstić information content (AvgIpc) is 2.82. The first-order chi connectivity index (χ1) is 16.3. The van der Waals surface area contributed by atoms with Crippen molar-refractivity contribution in [1.82, 2.24) is 0 Å². The standard InChI is InChI=1S/C30H52O3Si/c1-6-10-25-11-13-27(14-12-25)28-15-17-29(18-16-28)34(4,5)22-9-7-8-20-31-21-19-26-23-32-30(2,3)33-24-26/h15-18,25-27H,6-14,19-24H2,1-5H3. The van der Waals surface area contributed by atoms with Gasteiger partial charge in [-0.05, 0) is 69.8 Å². The third kappa shape index (κ3) is 9.08. The maximum atomic E-state index is 5.90. The first kappa shape index (κ1) is 27.9. The van der Waals surface area contributed by atoms with E-state index in [2.05, 4.69) is 44.3 Å². The molecule has 4 heteroatoms. The van der Waals surface area contributed by atoms with Gasteiger partial charge in [-0.1, -0.05) is 81.2 Å². The second kappa shape index (κ2) is 13.6. The molecule has 0 N–H and O–H groups in total. The van der Waals surface area contributed by atoms with Gasteiger partial charge in [-0.2, -0.15) is 0 Å². The van der Waals surface area contributed by atoms with E-state index in [0.717, 1.165) is 44.7 Å². The molecular formula is C30H52O3Si. The van der Waals surface area contributed by atoms with Crippen molar-refractivity contribution in [3.05, 3.63) is 29.8 Å². The highest BCUT2D eigenvalue weighted by atomic mass is 28.3. The summed E-state index contributed by atoms with van der Waals surface area (Å²) in [6.07, 6.45) is 13.3. The van der Waals surface area contributed by atoms with Crippen LogP contribution in [0.15, 0.2) is 24.3 Å². The first-order valence-electron chi connectivity index (χ1n) is 14.2. The fraction of sp³-hybridized carbons (Fsp3) is 0.800. The summed E-state index contributed by atoms with van der Waals surface area (Å²) in [6, 6.07) is 11.3. The smallest absolute Gasteiger partial charge is 0.162 e. The zero-order valence-corrected chi connectivity index (χ0v) is 23.9. The maximum absolute atomic E-state index is 5.90. The minimum Gasteiger partial charge on any atom is -0.381 e. The summed E-state index contributed by atoms with van der Waals surface area (Å²) in [5.74, 6) is 1.86. The molecule has 3 nitrogen and oxygen atoms in total. The van der Waals surface area contributed by atoms with Crippen LogP contribution < -0.4 is 5.19 Å². The number of hydrogen-bond acceptors (Lipinski definition) is 3. The molecule has 0 bridgehead atoms. The van der Waals surface area contributed by atoms with Gasteiger partial charge in [0.15, 0.2) is 5.79 Å². The Hall–Kier alpha value is -0.683. The van der Waals surface area contributed by atoms with Crippen molar-refractivity contribution in [1.29, 1.82) is 0 Å². The maximum Gasteiger partial charge on any atom is 0.162 e. The normalized spacial score (nSPS) is 23.8. The van der Waals surface area contributed by atoms with E-state index in [1.165, 1.54) is 63.8 Å². The van der Waals surface area contributed by atoms with Crippen molar-refractivity contribution >= 4 is 13.3 Å². The molecule has 0 amide bonds. The summed E-state index contributed by atoms with van der Waals surface area (Å²) < 4.78 is 17.4. The topological polar surface area (TPSA) is 27.7 Å².